The molecule has 4 rings (SSSR count). The molecule has 7 nitrogen and oxygen atoms in total. The molecule has 0 atom stereocenters. The maximum atomic E-state index is 12.1. The monoisotopic (exact) mass is 354 g/mol. The van der Waals surface area contributed by atoms with Crippen LogP contribution in [0.5, 0.6) is 11.5 Å². The Labute approximate surface area is 149 Å². The van der Waals surface area contributed by atoms with E-state index in [0.29, 0.717) is 30.0 Å². The first-order valence-corrected chi connectivity index (χ1v) is 8.30. The van der Waals surface area contributed by atoms with Crippen LogP contribution in [0.3, 0.4) is 0 Å². The predicted octanol–water partition coefficient (Wildman–Crippen LogP) is 1.000. The largest absolute Gasteiger partial charge is 0.454 e. The molecular weight excluding hydrogens is 336 g/mol. The summed E-state index contributed by atoms with van der Waals surface area (Å²) in [6.07, 6.45) is 0.903. The van der Waals surface area contributed by atoms with E-state index in [2.05, 4.69) is 10.6 Å². The smallest absolute Gasteiger partial charge is 0.313 e. The number of hydrogen-bond donors (Lipinski definition) is 3. The van der Waals surface area contributed by atoms with Crippen LogP contribution in [-0.4, -0.2) is 35.9 Å². The van der Waals surface area contributed by atoms with Crippen molar-refractivity contribution in [2.75, 3.05) is 18.7 Å². The van der Waals surface area contributed by atoms with Crippen LogP contribution in [0, 0.1) is 0 Å². The number of rotatable bonds is 3. The quantitative estimate of drug-likeness (QED) is 0.715. The molecule has 0 bridgehead atoms. The lowest BCUT2D eigenvalue weighted by Crippen LogP contribution is -2.46. The van der Waals surface area contributed by atoms with Crippen molar-refractivity contribution < 1.29 is 24.2 Å². The third kappa shape index (κ3) is 3.21. The summed E-state index contributed by atoms with van der Waals surface area (Å²) in [5.41, 5.74) is 1.49. The summed E-state index contributed by atoms with van der Waals surface area (Å²) >= 11 is 0. The molecule has 2 aliphatic rings. The Balaban J connectivity index is 1.33. The second-order valence-electron chi connectivity index (χ2n) is 6.55. The van der Waals surface area contributed by atoms with Gasteiger partial charge in [0.05, 0.1) is 5.60 Å². The Morgan fingerprint density at radius 3 is 2.42 bits per heavy atom. The standard InChI is InChI=1S/C19H18N2O5/c22-17(18(23)21-14-5-6-15-16(7-14)26-11-25-15)20-10-19(24)8-12-3-1-2-4-13(12)9-19/h1-7,24H,8-11H2,(H,20,22)(H,21,23). The lowest BCUT2D eigenvalue weighted by molar-refractivity contribution is -0.136. The van der Waals surface area contributed by atoms with Gasteiger partial charge in [-0.05, 0) is 23.3 Å². The molecule has 1 heterocycles. The van der Waals surface area contributed by atoms with Gasteiger partial charge in [0.15, 0.2) is 11.5 Å². The van der Waals surface area contributed by atoms with Crippen LogP contribution >= 0.6 is 0 Å². The third-order valence-corrected chi connectivity index (χ3v) is 4.57. The van der Waals surface area contributed by atoms with Crippen molar-refractivity contribution in [3.8, 4) is 11.5 Å². The highest BCUT2D eigenvalue weighted by molar-refractivity contribution is 6.39. The van der Waals surface area contributed by atoms with Gasteiger partial charge < -0.3 is 25.2 Å². The van der Waals surface area contributed by atoms with Crippen molar-refractivity contribution >= 4 is 17.5 Å². The second kappa shape index (κ2) is 6.34. The van der Waals surface area contributed by atoms with Gasteiger partial charge in [-0.2, -0.15) is 0 Å². The zero-order valence-corrected chi connectivity index (χ0v) is 14.0. The number of ether oxygens (including phenoxy) is 2. The van der Waals surface area contributed by atoms with Crippen LogP contribution in [0.1, 0.15) is 11.1 Å². The lowest BCUT2D eigenvalue weighted by atomic mass is 10.0. The first-order valence-electron chi connectivity index (χ1n) is 8.30. The van der Waals surface area contributed by atoms with E-state index in [1.54, 1.807) is 18.2 Å². The zero-order valence-electron chi connectivity index (χ0n) is 14.0. The number of carbonyl (C=O) groups is 2. The number of aliphatic hydroxyl groups is 1. The number of amides is 2. The molecule has 2 amide bonds. The molecule has 1 aliphatic carbocycles. The minimum Gasteiger partial charge on any atom is -0.454 e. The Bertz CT molecular complexity index is 855. The van der Waals surface area contributed by atoms with E-state index in [1.165, 1.54) is 0 Å². The highest BCUT2D eigenvalue weighted by Gasteiger charge is 2.35. The maximum absolute atomic E-state index is 12.1. The van der Waals surface area contributed by atoms with Gasteiger partial charge in [0, 0.05) is 31.1 Å². The van der Waals surface area contributed by atoms with Gasteiger partial charge in [-0.25, -0.2) is 0 Å². The Morgan fingerprint density at radius 1 is 1.00 bits per heavy atom. The summed E-state index contributed by atoms with van der Waals surface area (Å²) in [5.74, 6) is -0.494. The van der Waals surface area contributed by atoms with Crippen LogP contribution in [0.4, 0.5) is 5.69 Å². The van der Waals surface area contributed by atoms with Crippen LogP contribution < -0.4 is 20.1 Å². The molecular formula is C19H18N2O5. The number of nitrogens with one attached hydrogen (secondary N) is 2. The van der Waals surface area contributed by atoms with Crippen LogP contribution in [0.25, 0.3) is 0 Å². The fraction of sp³-hybridized carbons (Fsp3) is 0.263. The number of hydrogen-bond acceptors (Lipinski definition) is 5. The summed E-state index contributed by atoms with van der Waals surface area (Å²) < 4.78 is 10.4. The Morgan fingerprint density at radius 2 is 1.69 bits per heavy atom. The van der Waals surface area contributed by atoms with Crippen LogP contribution in [0.15, 0.2) is 42.5 Å². The average Bonchev–Trinajstić information content (AvgIpc) is 3.22. The molecule has 0 fully saturated rings. The third-order valence-electron chi connectivity index (χ3n) is 4.57. The first kappa shape index (κ1) is 16.4. The zero-order chi connectivity index (χ0) is 18.1. The van der Waals surface area contributed by atoms with Gasteiger partial charge in [-0.15, -0.1) is 0 Å². The number of fused-ring (bicyclic) bond motifs is 2. The molecule has 0 aromatic heterocycles. The van der Waals surface area contributed by atoms with Gasteiger partial charge >= 0.3 is 11.8 Å². The molecule has 134 valence electrons. The SMILES string of the molecule is O=C(NCC1(O)Cc2ccccc2C1)C(=O)Nc1ccc2c(c1)OCO2. The molecule has 7 heteroatoms. The first-order chi connectivity index (χ1) is 12.5. The molecule has 0 radical (unpaired) electrons. The molecule has 2 aromatic rings. The molecule has 0 unspecified atom stereocenters. The van der Waals surface area contributed by atoms with Crippen molar-refractivity contribution in [2.24, 2.45) is 0 Å². The number of anilines is 1. The normalized spacial score (nSPS) is 16.0. The van der Waals surface area contributed by atoms with E-state index < -0.39 is 17.4 Å². The van der Waals surface area contributed by atoms with Gasteiger partial charge in [0.2, 0.25) is 6.79 Å². The molecule has 3 N–H and O–H groups in total. The minimum absolute atomic E-state index is 0.00900. The van der Waals surface area contributed by atoms with E-state index in [4.69, 9.17) is 9.47 Å². The van der Waals surface area contributed by atoms with Crippen molar-refractivity contribution in [1.82, 2.24) is 5.32 Å². The van der Waals surface area contributed by atoms with Crippen LogP contribution in [0.2, 0.25) is 0 Å². The molecule has 0 spiro atoms. The summed E-state index contributed by atoms with van der Waals surface area (Å²) in [7, 11) is 0. The number of benzene rings is 2. The van der Waals surface area contributed by atoms with E-state index in [9.17, 15) is 14.7 Å². The van der Waals surface area contributed by atoms with Crippen molar-refractivity contribution in [1.29, 1.82) is 0 Å². The lowest BCUT2D eigenvalue weighted by Gasteiger charge is -2.22. The molecule has 0 saturated carbocycles. The Kier molecular flexibility index (Phi) is 4.00. The van der Waals surface area contributed by atoms with Crippen LogP contribution in [-0.2, 0) is 22.4 Å². The summed E-state index contributed by atoms with van der Waals surface area (Å²) in [4.78, 5) is 24.1. The van der Waals surface area contributed by atoms with E-state index >= 15 is 0 Å². The minimum atomic E-state index is -1.07. The predicted molar refractivity (Wildman–Crippen MR) is 93.0 cm³/mol. The van der Waals surface area contributed by atoms with Crippen molar-refractivity contribution in [3.05, 3.63) is 53.6 Å². The van der Waals surface area contributed by atoms with Gasteiger partial charge in [-0.1, -0.05) is 24.3 Å². The van der Waals surface area contributed by atoms with E-state index in [1.807, 2.05) is 24.3 Å². The molecule has 0 saturated heterocycles. The Hall–Kier alpha value is -3.06. The highest BCUT2D eigenvalue weighted by atomic mass is 16.7. The van der Waals surface area contributed by atoms with E-state index in [-0.39, 0.29) is 13.3 Å². The fourth-order valence-corrected chi connectivity index (χ4v) is 3.29. The summed E-state index contributed by atoms with van der Waals surface area (Å²) in [5, 5.41) is 15.7. The summed E-state index contributed by atoms with van der Waals surface area (Å²) in [6, 6.07) is 12.6. The van der Waals surface area contributed by atoms with E-state index in [0.717, 1.165) is 11.1 Å². The molecule has 1 aliphatic heterocycles. The summed E-state index contributed by atoms with van der Waals surface area (Å²) in [6.45, 7) is 0.142. The second-order valence-corrected chi connectivity index (χ2v) is 6.55. The van der Waals surface area contributed by atoms with Gasteiger partial charge in [-0.3, -0.25) is 9.59 Å². The topological polar surface area (TPSA) is 96.9 Å². The van der Waals surface area contributed by atoms with Crippen molar-refractivity contribution in [2.45, 2.75) is 18.4 Å². The fourth-order valence-electron chi connectivity index (χ4n) is 3.29. The van der Waals surface area contributed by atoms with Gasteiger partial charge in [0.1, 0.15) is 0 Å². The average molecular weight is 354 g/mol. The maximum Gasteiger partial charge on any atom is 0.313 e. The highest BCUT2D eigenvalue weighted by Crippen LogP contribution is 2.34. The molecule has 26 heavy (non-hydrogen) atoms. The molecule has 2 aromatic carbocycles. The van der Waals surface area contributed by atoms with Crippen molar-refractivity contribution in [3.63, 3.8) is 0 Å². The van der Waals surface area contributed by atoms with Gasteiger partial charge in [0.25, 0.3) is 0 Å². The number of carbonyl (C=O) groups excluding carboxylic acids is 2.